The highest BCUT2D eigenvalue weighted by molar-refractivity contribution is 5.80. The molecule has 2 rings (SSSR count). The van der Waals surface area contributed by atoms with Gasteiger partial charge in [0.05, 0.1) is 19.3 Å². The molecular formula is C20H34N4O2. The fourth-order valence-electron chi connectivity index (χ4n) is 3.27. The quantitative estimate of drug-likeness (QED) is 0.550. The molecule has 1 aromatic carbocycles. The van der Waals surface area contributed by atoms with E-state index in [0.717, 1.165) is 29.6 Å². The van der Waals surface area contributed by atoms with Crippen molar-refractivity contribution < 1.29 is 9.47 Å². The van der Waals surface area contributed by atoms with Crippen LogP contribution in [-0.2, 0) is 0 Å². The largest absolute Gasteiger partial charge is 0.490 e. The Kier molecular flexibility index (Phi) is 8.04. The Labute approximate surface area is 158 Å². The zero-order valence-electron chi connectivity index (χ0n) is 16.8. The van der Waals surface area contributed by atoms with Crippen LogP contribution in [0.1, 0.15) is 45.2 Å². The summed E-state index contributed by atoms with van der Waals surface area (Å²) in [7, 11) is 4.00. The molecule has 0 amide bonds. The zero-order chi connectivity index (χ0) is 18.9. The van der Waals surface area contributed by atoms with E-state index in [9.17, 15) is 0 Å². The molecule has 26 heavy (non-hydrogen) atoms. The lowest BCUT2D eigenvalue weighted by Gasteiger charge is -2.23. The van der Waals surface area contributed by atoms with Crippen molar-refractivity contribution in [3.05, 3.63) is 23.8 Å². The third-order valence-corrected chi connectivity index (χ3v) is 4.82. The van der Waals surface area contributed by atoms with E-state index in [2.05, 4.69) is 40.6 Å². The molecule has 0 bridgehead atoms. The highest BCUT2D eigenvalue weighted by Crippen LogP contribution is 2.30. The van der Waals surface area contributed by atoms with Crippen LogP contribution in [0.25, 0.3) is 0 Å². The van der Waals surface area contributed by atoms with Gasteiger partial charge in [0.2, 0.25) is 0 Å². The van der Waals surface area contributed by atoms with Gasteiger partial charge < -0.3 is 25.0 Å². The number of aliphatic imine (C=N–C) groups is 1. The Morgan fingerprint density at radius 2 is 2.00 bits per heavy atom. The summed E-state index contributed by atoms with van der Waals surface area (Å²) in [5.74, 6) is 2.40. The molecule has 6 nitrogen and oxygen atoms in total. The third-order valence-electron chi connectivity index (χ3n) is 4.82. The van der Waals surface area contributed by atoms with Crippen LogP contribution < -0.4 is 20.1 Å². The number of hydrogen-bond donors (Lipinski definition) is 2. The Bertz CT molecular complexity index is 591. The van der Waals surface area contributed by atoms with Gasteiger partial charge in [-0.05, 0) is 64.9 Å². The molecule has 0 aromatic heterocycles. The monoisotopic (exact) mass is 362 g/mol. The second-order valence-corrected chi connectivity index (χ2v) is 6.67. The fraction of sp³-hybridized carbons (Fsp3) is 0.650. The molecule has 1 aliphatic rings. The number of ether oxygens (including phenoxy) is 2. The summed E-state index contributed by atoms with van der Waals surface area (Å²) >= 11 is 0. The summed E-state index contributed by atoms with van der Waals surface area (Å²) in [6.45, 7) is 9.42. The van der Waals surface area contributed by atoms with Gasteiger partial charge in [0, 0.05) is 19.6 Å². The molecule has 2 atom stereocenters. The number of likely N-dealkylation sites (tertiary alicyclic amines) is 1. The van der Waals surface area contributed by atoms with E-state index >= 15 is 0 Å². The second-order valence-electron chi connectivity index (χ2n) is 6.67. The van der Waals surface area contributed by atoms with Crippen LogP contribution in [0.3, 0.4) is 0 Å². The summed E-state index contributed by atoms with van der Waals surface area (Å²) in [4.78, 5) is 6.77. The number of rotatable bonds is 8. The van der Waals surface area contributed by atoms with E-state index < -0.39 is 0 Å². The summed E-state index contributed by atoms with van der Waals surface area (Å²) in [5.41, 5.74) is 1.14. The fourth-order valence-corrected chi connectivity index (χ4v) is 3.27. The van der Waals surface area contributed by atoms with E-state index in [1.807, 2.05) is 33.0 Å². The van der Waals surface area contributed by atoms with Gasteiger partial charge in [0.25, 0.3) is 0 Å². The van der Waals surface area contributed by atoms with Gasteiger partial charge in [-0.15, -0.1) is 0 Å². The van der Waals surface area contributed by atoms with E-state index in [0.29, 0.717) is 19.3 Å². The lowest BCUT2D eigenvalue weighted by Crippen LogP contribution is -2.44. The second kappa shape index (κ2) is 10.3. The number of hydrogen-bond acceptors (Lipinski definition) is 4. The molecule has 0 spiro atoms. The Hall–Kier alpha value is -1.95. The summed E-state index contributed by atoms with van der Waals surface area (Å²) in [5, 5.41) is 6.92. The standard InChI is InChI=1S/C20H34N4O2/c1-6-25-18-11-10-16(13-19(18)26-7-2)15(3)23-20(21-4)22-14-17-9-8-12-24(17)5/h10-11,13,15,17H,6-9,12,14H2,1-5H3,(H2,21,22,23). The van der Waals surface area contributed by atoms with E-state index in [1.54, 1.807) is 0 Å². The average molecular weight is 363 g/mol. The molecule has 146 valence electrons. The number of guanidine groups is 1. The molecule has 0 radical (unpaired) electrons. The first kappa shape index (κ1) is 20.4. The minimum absolute atomic E-state index is 0.109. The van der Waals surface area contributed by atoms with Gasteiger partial charge in [-0.25, -0.2) is 0 Å². The highest BCUT2D eigenvalue weighted by Gasteiger charge is 2.21. The summed E-state index contributed by atoms with van der Waals surface area (Å²) in [6.07, 6.45) is 2.52. The van der Waals surface area contributed by atoms with Gasteiger partial charge >= 0.3 is 0 Å². The molecule has 1 aliphatic heterocycles. The van der Waals surface area contributed by atoms with Crippen molar-refractivity contribution in [1.29, 1.82) is 0 Å². The van der Waals surface area contributed by atoms with Crippen LogP contribution >= 0.6 is 0 Å². The van der Waals surface area contributed by atoms with Crippen LogP contribution in [0, 0.1) is 0 Å². The zero-order valence-corrected chi connectivity index (χ0v) is 16.8. The minimum atomic E-state index is 0.109. The van der Waals surface area contributed by atoms with Crippen LogP contribution in [-0.4, -0.2) is 57.3 Å². The Morgan fingerprint density at radius 1 is 1.27 bits per heavy atom. The van der Waals surface area contributed by atoms with Gasteiger partial charge in [0.1, 0.15) is 0 Å². The molecule has 1 fully saturated rings. The van der Waals surface area contributed by atoms with Crippen LogP contribution in [0.5, 0.6) is 11.5 Å². The number of nitrogens with one attached hydrogen (secondary N) is 2. The van der Waals surface area contributed by atoms with Crippen molar-refractivity contribution in [2.24, 2.45) is 4.99 Å². The normalized spacial score (nSPS) is 19.3. The van der Waals surface area contributed by atoms with Crippen molar-refractivity contribution in [3.8, 4) is 11.5 Å². The molecule has 1 heterocycles. The van der Waals surface area contributed by atoms with Crippen molar-refractivity contribution in [2.75, 3.05) is 40.4 Å². The van der Waals surface area contributed by atoms with Gasteiger partial charge in [-0.1, -0.05) is 6.07 Å². The van der Waals surface area contributed by atoms with Gasteiger partial charge in [-0.2, -0.15) is 0 Å². The predicted octanol–water partition coefficient (Wildman–Crippen LogP) is 2.80. The molecule has 0 saturated carbocycles. The third kappa shape index (κ3) is 5.53. The lowest BCUT2D eigenvalue weighted by atomic mass is 10.1. The first-order valence-corrected chi connectivity index (χ1v) is 9.66. The van der Waals surface area contributed by atoms with Gasteiger partial charge in [0.15, 0.2) is 17.5 Å². The number of benzene rings is 1. The topological polar surface area (TPSA) is 58.1 Å². The lowest BCUT2D eigenvalue weighted by molar-refractivity contribution is 0.287. The van der Waals surface area contributed by atoms with Crippen LogP contribution in [0.15, 0.2) is 23.2 Å². The summed E-state index contributed by atoms with van der Waals surface area (Å²) in [6, 6.07) is 6.79. The average Bonchev–Trinajstić information content (AvgIpc) is 3.05. The number of likely N-dealkylation sites (N-methyl/N-ethyl adjacent to an activating group) is 1. The first-order chi connectivity index (χ1) is 12.6. The summed E-state index contributed by atoms with van der Waals surface area (Å²) < 4.78 is 11.4. The Balaban J connectivity index is 1.98. The van der Waals surface area contributed by atoms with E-state index in [4.69, 9.17) is 9.47 Å². The number of nitrogens with zero attached hydrogens (tertiary/aromatic N) is 2. The van der Waals surface area contributed by atoms with Gasteiger partial charge in [-0.3, -0.25) is 4.99 Å². The van der Waals surface area contributed by atoms with Crippen molar-refractivity contribution in [1.82, 2.24) is 15.5 Å². The molecule has 1 saturated heterocycles. The maximum absolute atomic E-state index is 5.73. The molecule has 2 N–H and O–H groups in total. The maximum atomic E-state index is 5.73. The predicted molar refractivity (Wildman–Crippen MR) is 107 cm³/mol. The molecule has 0 aliphatic carbocycles. The van der Waals surface area contributed by atoms with Crippen LogP contribution in [0.2, 0.25) is 0 Å². The van der Waals surface area contributed by atoms with E-state index in [-0.39, 0.29) is 6.04 Å². The van der Waals surface area contributed by atoms with Crippen molar-refractivity contribution in [3.63, 3.8) is 0 Å². The first-order valence-electron chi connectivity index (χ1n) is 9.66. The van der Waals surface area contributed by atoms with Crippen molar-refractivity contribution in [2.45, 2.75) is 45.7 Å². The highest BCUT2D eigenvalue weighted by atomic mass is 16.5. The molecule has 1 aromatic rings. The van der Waals surface area contributed by atoms with Crippen LogP contribution in [0.4, 0.5) is 0 Å². The molecule has 2 unspecified atom stereocenters. The molecule has 6 heteroatoms. The van der Waals surface area contributed by atoms with Crippen molar-refractivity contribution >= 4 is 5.96 Å². The van der Waals surface area contributed by atoms with E-state index in [1.165, 1.54) is 19.4 Å². The SMILES string of the molecule is CCOc1ccc(C(C)NC(=NC)NCC2CCCN2C)cc1OCC. The Morgan fingerprint density at radius 3 is 2.62 bits per heavy atom. The molecular weight excluding hydrogens is 328 g/mol. The maximum Gasteiger partial charge on any atom is 0.191 e. The minimum Gasteiger partial charge on any atom is -0.490 e. The smallest absolute Gasteiger partial charge is 0.191 e.